The van der Waals surface area contributed by atoms with Crippen molar-refractivity contribution in [2.45, 2.75) is 6.04 Å². The summed E-state index contributed by atoms with van der Waals surface area (Å²) in [6.07, 6.45) is 0. The van der Waals surface area contributed by atoms with Crippen molar-refractivity contribution in [1.29, 1.82) is 0 Å². The summed E-state index contributed by atoms with van der Waals surface area (Å²) in [7, 11) is 3.43. The van der Waals surface area contributed by atoms with Gasteiger partial charge in [-0.3, -0.25) is 4.90 Å². The smallest absolute Gasteiger partial charge is 0.0589 e. The molecule has 0 amide bonds. The van der Waals surface area contributed by atoms with E-state index in [2.05, 4.69) is 33.0 Å². The van der Waals surface area contributed by atoms with Crippen LogP contribution in [0, 0.1) is 0 Å². The minimum Gasteiger partial charge on any atom is -0.383 e. The molecule has 4 nitrogen and oxygen atoms in total. The second-order valence-corrected chi connectivity index (χ2v) is 5.24. The largest absolute Gasteiger partial charge is 0.383 e. The molecular weight excluding hydrogens is 308 g/mol. The van der Waals surface area contributed by atoms with E-state index in [1.165, 1.54) is 5.56 Å². The van der Waals surface area contributed by atoms with Crippen molar-refractivity contribution in [2.75, 3.05) is 47.1 Å². The number of hydrogen-bond donors (Lipinski definition) is 1. The van der Waals surface area contributed by atoms with Gasteiger partial charge in [0.05, 0.1) is 13.2 Å². The van der Waals surface area contributed by atoms with Gasteiger partial charge in [-0.1, -0.05) is 28.1 Å². The fourth-order valence-electron chi connectivity index (χ4n) is 2.02. The molecule has 0 heterocycles. The van der Waals surface area contributed by atoms with Gasteiger partial charge in [0.1, 0.15) is 0 Å². The average Bonchev–Trinajstić information content (AvgIpc) is 2.43. The maximum absolute atomic E-state index is 5.95. The summed E-state index contributed by atoms with van der Waals surface area (Å²) >= 11 is 3.45. The van der Waals surface area contributed by atoms with Gasteiger partial charge in [0.2, 0.25) is 0 Å². The Morgan fingerprint density at radius 2 is 1.63 bits per heavy atom. The Labute approximate surface area is 124 Å². The Morgan fingerprint density at radius 1 is 1.11 bits per heavy atom. The van der Waals surface area contributed by atoms with Crippen LogP contribution in [-0.2, 0) is 9.47 Å². The van der Waals surface area contributed by atoms with Crippen molar-refractivity contribution in [3.05, 3.63) is 34.3 Å². The lowest BCUT2D eigenvalue weighted by atomic mass is 10.1. The topological polar surface area (TPSA) is 47.7 Å². The first-order chi connectivity index (χ1) is 9.22. The highest BCUT2D eigenvalue weighted by molar-refractivity contribution is 9.10. The van der Waals surface area contributed by atoms with Gasteiger partial charge in [-0.05, 0) is 17.7 Å². The fourth-order valence-corrected chi connectivity index (χ4v) is 2.29. The van der Waals surface area contributed by atoms with Crippen LogP contribution in [0.3, 0.4) is 0 Å². The van der Waals surface area contributed by atoms with Crippen LogP contribution in [0.4, 0.5) is 0 Å². The molecule has 0 saturated heterocycles. The van der Waals surface area contributed by atoms with Crippen molar-refractivity contribution < 1.29 is 9.47 Å². The van der Waals surface area contributed by atoms with Crippen LogP contribution in [-0.4, -0.2) is 52.0 Å². The van der Waals surface area contributed by atoms with Crippen molar-refractivity contribution in [3.63, 3.8) is 0 Å². The summed E-state index contributed by atoms with van der Waals surface area (Å²) in [5, 5.41) is 0. The third-order valence-electron chi connectivity index (χ3n) is 3.08. The molecule has 0 fully saturated rings. The normalized spacial score (nSPS) is 12.9. The van der Waals surface area contributed by atoms with Crippen LogP contribution in [0.5, 0.6) is 0 Å². The van der Waals surface area contributed by atoms with Crippen molar-refractivity contribution in [2.24, 2.45) is 5.73 Å². The monoisotopic (exact) mass is 330 g/mol. The predicted octanol–water partition coefficient (Wildman–Crippen LogP) is 2.04. The molecule has 2 N–H and O–H groups in total. The zero-order chi connectivity index (χ0) is 14.1. The van der Waals surface area contributed by atoms with Gasteiger partial charge in [0, 0.05) is 44.4 Å². The van der Waals surface area contributed by atoms with Crippen LogP contribution in [0.2, 0.25) is 0 Å². The predicted molar refractivity (Wildman–Crippen MR) is 81.3 cm³/mol. The van der Waals surface area contributed by atoms with E-state index in [0.717, 1.165) is 17.6 Å². The molecule has 0 aromatic heterocycles. The molecule has 1 unspecified atom stereocenters. The van der Waals surface area contributed by atoms with Gasteiger partial charge in [-0.2, -0.15) is 0 Å². The van der Waals surface area contributed by atoms with E-state index in [-0.39, 0.29) is 6.04 Å². The third-order valence-corrected chi connectivity index (χ3v) is 3.61. The number of halogens is 1. The number of benzene rings is 1. The van der Waals surface area contributed by atoms with E-state index in [0.29, 0.717) is 19.8 Å². The highest BCUT2D eigenvalue weighted by Crippen LogP contribution is 2.21. The first-order valence-electron chi connectivity index (χ1n) is 6.40. The molecule has 1 atom stereocenters. The standard InChI is InChI=1S/C14H23BrN2O2/c1-18-9-7-17(8-10-19-2)14(11-16)12-3-5-13(15)6-4-12/h3-6,14H,7-11,16H2,1-2H3. The third kappa shape index (κ3) is 5.58. The quantitative estimate of drug-likeness (QED) is 0.752. The molecule has 5 heteroatoms. The molecule has 0 radical (unpaired) electrons. The van der Waals surface area contributed by atoms with Crippen molar-refractivity contribution >= 4 is 15.9 Å². The van der Waals surface area contributed by atoms with E-state index in [1.807, 2.05) is 12.1 Å². The molecule has 0 aliphatic rings. The maximum atomic E-state index is 5.95. The lowest BCUT2D eigenvalue weighted by molar-refractivity contribution is 0.0891. The van der Waals surface area contributed by atoms with Gasteiger partial charge in [0.15, 0.2) is 0 Å². The van der Waals surface area contributed by atoms with Crippen LogP contribution < -0.4 is 5.73 Å². The summed E-state index contributed by atoms with van der Waals surface area (Å²) in [6.45, 7) is 3.65. The fraction of sp³-hybridized carbons (Fsp3) is 0.571. The van der Waals surface area contributed by atoms with Gasteiger partial charge < -0.3 is 15.2 Å². The Hall–Kier alpha value is -0.460. The lowest BCUT2D eigenvalue weighted by Crippen LogP contribution is -2.38. The molecule has 1 aromatic rings. The van der Waals surface area contributed by atoms with E-state index in [9.17, 15) is 0 Å². The number of methoxy groups -OCH3 is 2. The summed E-state index contributed by atoms with van der Waals surface area (Å²) in [4.78, 5) is 2.30. The molecular formula is C14H23BrN2O2. The van der Waals surface area contributed by atoms with Crippen LogP contribution in [0.1, 0.15) is 11.6 Å². The van der Waals surface area contributed by atoms with Crippen LogP contribution in [0.25, 0.3) is 0 Å². The minimum absolute atomic E-state index is 0.193. The SMILES string of the molecule is COCCN(CCOC)C(CN)c1ccc(Br)cc1. The molecule has 108 valence electrons. The van der Waals surface area contributed by atoms with Gasteiger partial charge >= 0.3 is 0 Å². The molecule has 0 bridgehead atoms. The van der Waals surface area contributed by atoms with Gasteiger partial charge in [-0.15, -0.1) is 0 Å². The van der Waals surface area contributed by atoms with Crippen molar-refractivity contribution in [3.8, 4) is 0 Å². The van der Waals surface area contributed by atoms with Crippen molar-refractivity contribution in [1.82, 2.24) is 4.90 Å². The number of nitrogens with zero attached hydrogens (tertiary/aromatic N) is 1. The van der Waals surface area contributed by atoms with E-state index in [4.69, 9.17) is 15.2 Å². The average molecular weight is 331 g/mol. The van der Waals surface area contributed by atoms with E-state index in [1.54, 1.807) is 14.2 Å². The Morgan fingerprint density at radius 3 is 2.05 bits per heavy atom. The van der Waals surface area contributed by atoms with E-state index < -0.39 is 0 Å². The molecule has 1 rings (SSSR count). The molecule has 0 aliphatic heterocycles. The highest BCUT2D eigenvalue weighted by Gasteiger charge is 2.18. The van der Waals surface area contributed by atoms with Crippen LogP contribution in [0.15, 0.2) is 28.7 Å². The molecule has 0 spiro atoms. The summed E-state index contributed by atoms with van der Waals surface area (Å²) in [5.41, 5.74) is 7.17. The first-order valence-corrected chi connectivity index (χ1v) is 7.19. The number of nitrogens with two attached hydrogens (primary N) is 1. The Balaban J connectivity index is 2.78. The maximum Gasteiger partial charge on any atom is 0.0589 e. The zero-order valence-corrected chi connectivity index (χ0v) is 13.2. The van der Waals surface area contributed by atoms with Gasteiger partial charge in [-0.25, -0.2) is 0 Å². The summed E-state index contributed by atoms with van der Waals surface area (Å²) in [6, 6.07) is 8.49. The second kappa shape index (κ2) is 9.44. The summed E-state index contributed by atoms with van der Waals surface area (Å²) < 4.78 is 11.4. The number of ether oxygens (including phenoxy) is 2. The number of rotatable bonds is 9. The zero-order valence-electron chi connectivity index (χ0n) is 11.6. The Bertz CT molecular complexity index is 338. The molecule has 0 saturated carbocycles. The minimum atomic E-state index is 0.193. The lowest BCUT2D eigenvalue weighted by Gasteiger charge is -2.31. The highest BCUT2D eigenvalue weighted by atomic mass is 79.9. The molecule has 0 aliphatic carbocycles. The Kier molecular flexibility index (Phi) is 8.25. The molecule has 1 aromatic carbocycles. The van der Waals surface area contributed by atoms with Gasteiger partial charge in [0.25, 0.3) is 0 Å². The number of hydrogen-bond acceptors (Lipinski definition) is 4. The molecule has 19 heavy (non-hydrogen) atoms. The summed E-state index contributed by atoms with van der Waals surface area (Å²) in [5.74, 6) is 0. The first kappa shape index (κ1) is 16.6. The van der Waals surface area contributed by atoms with Crippen LogP contribution >= 0.6 is 15.9 Å². The van der Waals surface area contributed by atoms with E-state index >= 15 is 0 Å². The second-order valence-electron chi connectivity index (χ2n) is 4.32.